The summed E-state index contributed by atoms with van der Waals surface area (Å²) in [6.07, 6.45) is 1.94. The zero-order valence-electron chi connectivity index (χ0n) is 17.6. The minimum atomic E-state index is -0.243. The molecule has 27 heavy (non-hydrogen) atoms. The monoisotopic (exact) mass is 377 g/mol. The second-order valence-electron chi connectivity index (χ2n) is 6.80. The van der Waals surface area contributed by atoms with Crippen LogP contribution < -0.4 is 10.1 Å². The summed E-state index contributed by atoms with van der Waals surface area (Å²) in [6, 6.07) is 7.30. The van der Waals surface area contributed by atoms with E-state index in [2.05, 4.69) is 29.1 Å². The van der Waals surface area contributed by atoms with Crippen LogP contribution in [0.25, 0.3) is 0 Å². The highest BCUT2D eigenvalue weighted by molar-refractivity contribution is 6.04. The number of hydrogen-bond donors (Lipinski definition) is 1. The summed E-state index contributed by atoms with van der Waals surface area (Å²) in [5.41, 5.74) is 0.532. The summed E-state index contributed by atoms with van der Waals surface area (Å²) in [4.78, 5) is 19.5. The van der Waals surface area contributed by atoms with Crippen molar-refractivity contribution in [3.63, 3.8) is 0 Å². The van der Waals surface area contributed by atoms with E-state index in [9.17, 15) is 4.79 Å². The fraction of sp³-hybridized carbons (Fsp3) is 0.619. The van der Waals surface area contributed by atoms with Crippen molar-refractivity contribution in [3.05, 3.63) is 29.8 Å². The Hall–Kier alpha value is -2.08. The number of ether oxygens (including phenoxy) is 2. The Balaban J connectivity index is 2.69. The molecule has 0 aliphatic heterocycles. The van der Waals surface area contributed by atoms with E-state index in [0.29, 0.717) is 11.3 Å². The van der Waals surface area contributed by atoms with E-state index >= 15 is 0 Å². The molecule has 1 aromatic carbocycles. The van der Waals surface area contributed by atoms with Crippen molar-refractivity contribution in [1.82, 2.24) is 10.2 Å². The zero-order valence-corrected chi connectivity index (χ0v) is 17.6. The minimum absolute atomic E-state index is 0.0669. The molecule has 6 nitrogen and oxygen atoms in total. The molecule has 1 rings (SSSR count). The van der Waals surface area contributed by atoms with Gasteiger partial charge in [0, 0.05) is 5.56 Å². The van der Waals surface area contributed by atoms with Crippen LogP contribution in [0, 0.1) is 0 Å². The van der Waals surface area contributed by atoms with E-state index in [0.717, 1.165) is 32.5 Å². The molecule has 0 unspecified atom stereocenters. The predicted octanol–water partition coefficient (Wildman–Crippen LogP) is 3.72. The van der Waals surface area contributed by atoms with Crippen LogP contribution in [0.4, 0.5) is 0 Å². The van der Waals surface area contributed by atoms with E-state index in [1.54, 1.807) is 31.4 Å². The molecule has 0 fully saturated rings. The fourth-order valence-corrected chi connectivity index (χ4v) is 2.64. The molecule has 0 saturated carbocycles. The van der Waals surface area contributed by atoms with Crippen LogP contribution in [-0.2, 0) is 4.74 Å². The molecule has 1 aromatic rings. The molecular formula is C21H35N3O3. The van der Waals surface area contributed by atoms with E-state index in [4.69, 9.17) is 9.47 Å². The first kappa shape index (κ1) is 23.0. The molecule has 1 amide bonds. The molecule has 0 aromatic heterocycles. The zero-order chi connectivity index (χ0) is 20.2. The van der Waals surface area contributed by atoms with Gasteiger partial charge in [0.15, 0.2) is 0 Å². The molecule has 1 atom stereocenters. The summed E-state index contributed by atoms with van der Waals surface area (Å²) in [5.74, 6) is 0.466. The van der Waals surface area contributed by atoms with Crippen LogP contribution in [0.2, 0.25) is 0 Å². The van der Waals surface area contributed by atoms with Gasteiger partial charge in [-0.05, 0) is 77.5 Å². The third kappa shape index (κ3) is 8.91. The number of amidine groups is 1. The molecule has 6 heteroatoms. The highest BCUT2D eigenvalue weighted by atomic mass is 16.5. The maximum Gasteiger partial charge on any atom is 0.292 e. The van der Waals surface area contributed by atoms with Crippen LogP contribution in [0.1, 0.15) is 57.8 Å². The SMILES string of the molecule is CCN(CC)CCC[C@H](C)N=C(NC(=O)c1ccc(OC)cc1)OC(C)C. The van der Waals surface area contributed by atoms with Gasteiger partial charge in [0.05, 0.1) is 19.3 Å². The Morgan fingerprint density at radius 3 is 2.30 bits per heavy atom. The van der Waals surface area contributed by atoms with Gasteiger partial charge in [-0.1, -0.05) is 13.8 Å². The van der Waals surface area contributed by atoms with Crippen molar-refractivity contribution >= 4 is 11.9 Å². The van der Waals surface area contributed by atoms with Crippen LogP contribution in [-0.4, -0.2) is 55.7 Å². The van der Waals surface area contributed by atoms with Gasteiger partial charge >= 0.3 is 0 Å². The average molecular weight is 378 g/mol. The number of nitrogens with one attached hydrogen (secondary N) is 1. The number of benzene rings is 1. The molecular weight excluding hydrogens is 342 g/mol. The molecule has 0 heterocycles. The number of carbonyl (C=O) groups is 1. The van der Waals surface area contributed by atoms with Crippen molar-refractivity contribution < 1.29 is 14.3 Å². The van der Waals surface area contributed by atoms with Crippen LogP contribution in [0.3, 0.4) is 0 Å². The first-order valence-corrected chi connectivity index (χ1v) is 9.81. The molecule has 0 radical (unpaired) electrons. The minimum Gasteiger partial charge on any atom is -0.497 e. The molecule has 0 saturated heterocycles. The van der Waals surface area contributed by atoms with Crippen LogP contribution >= 0.6 is 0 Å². The summed E-state index contributed by atoms with van der Waals surface area (Å²) < 4.78 is 10.8. The predicted molar refractivity (Wildman–Crippen MR) is 111 cm³/mol. The molecule has 0 aliphatic carbocycles. The molecule has 1 N–H and O–H groups in total. The van der Waals surface area contributed by atoms with Gasteiger partial charge < -0.3 is 14.4 Å². The van der Waals surface area contributed by atoms with Gasteiger partial charge in [-0.2, -0.15) is 0 Å². The Labute approximate surface area is 163 Å². The standard InChI is InChI=1S/C21H35N3O3/c1-7-24(8-2)15-9-10-17(5)22-21(27-16(3)4)23-20(25)18-11-13-19(26-6)14-12-18/h11-14,16-17H,7-10,15H2,1-6H3,(H,22,23,25)/t17-/m0/s1. The highest BCUT2D eigenvalue weighted by Gasteiger charge is 2.13. The van der Waals surface area contributed by atoms with Gasteiger partial charge in [0.1, 0.15) is 5.75 Å². The van der Waals surface area contributed by atoms with Crippen molar-refractivity contribution in [2.24, 2.45) is 4.99 Å². The first-order valence-electron chi connectivity index (χ1n) is 9.81. The van der Waals surface area contributed by atoms with Crippen molar-refractivity contribution in [2.75, 3.05) is 26.7 Å². The lowest BCUT2D eigenvalue weighted by molar-refractivity contribution is 0.0959. The summed E-state index contributed by atoms with van der Waals surface area (Å²) in [6.45, 7) is 13.4. The number of rotatable bonds is 10. The van der Waals surface area contributed by atoms with Gasteiger partial charge in [0.25, 0.3) is 11.9 Å². The topological polar surface area (TPSA) is 63.2 Å². The van der Waals surface area contributed by atoms with E-state index in [-0.39, 0.29) is 24.1 Å². The molecule has 0 spiro atoms. The Bertz CT molecular complexity index is 581. The summed E-state index contributed by atoms with van der Waals surface area (Å²) in [7, 11) is 1.60. The van der Waals surface area contributed by atoms with Crippen LogP contribution in [0.15, 0.2) is 29.3 Å². The number of aliphatic imine (C=N–C) groups is 1. The lowest BCUT2D eigenvalue weighted by Crippen LogP contribution is -2.35. The molecule has 152 valence electrons. The lowest BCUT2D eigenvalue weighted by Gasteiger charge is -2.19. The third-order valence-corrected chi connectivity index (χ3v) is 4.25. The quantitative estimate of drug-likeness (QED) is 0.499. The van der Waals surface area contributed by atoms with E-state index < -0.39 is 0 Å². The number of hydrogen-bond acceptors (Lipinski definition) is 5. The number of amides is 1. The van der Waals surface area contributed by atoms with Crippen molar-refractivity contribution in [2.45, 2.75) is 59.6 Å². The Morgan fingerprint density at radius 1 is 1.15 bits per heavy atom. The fourth-order valence-electron chi connectivity index (χ4n) is 2.64. The van der Waals surface area contributed by atoms with E-state index in [1.165, 1.54) is 0 Å². The van der Waals surface area contributed by atoms with Gasteiger partial charge in [-0.25, -0.2) is 4.99 Å². The highest BCUT2D eigenvalue weighted by Crippen LogP contribution is 2.11. The van der Waals surface area contributed by atoms with Gasteiger partial charge in [-0.3, -0.25) is 10.1 Å². The number of nitrogens with zero attached hydrogens (tertiary/aromatic N) is 2. The summed E-state index contributed by atoms with van der Waals surface area (Å²) >= 11 is 0. The summed E-state index contributed by atoms with van der Waals surface area (Å²) in [5, 5.41) is 2.79. The maximum atomic E-state index is 12.5. The third-order valence-electron chi connectivity index (χ3n) is 4.25. The number of methoxy groups -OCH3 is 1. The largest absolute Gasteiger partial charge is 0.497 e. The first-order chi connectivity index (χ1) is 12.9. The van der Waals surface area contributed by atoms with E-state index in [1.807, 2.05) is 20.8 Å². The maximum absolute atomic E-state index is 12.5. The average Bonchev–Trinajstić information content (AvgIpc) is 2.64. The van der Waals surface area contributed by atoms with Gasteiger partial charge in [0.2, 0.25) is 0 Å². The lowest BCUT2D eigenvalue weighted by atomic mass is 10.2. The van der Waals surface area contributed by atoms with Gasteiger partial charge in [-0.15, -0.1) is 0 Å². The molecule has 0 aliphatic rings. The second kappa shape index (κ2) is 12.3. The number of carbonyl (C=O) groups excluding carboxylic acids is 1. The molecule has 0 bridgehead atoms. The Morgan fingerprint density at radius 2 is 1.78 bits per heavy atom. The smallest absolute Gasteiger partial charge is 0.292 e. The van der Waals surface area contributed by atoms with Crippen LogP contribution in [0.5, 0.6) is 5.75 Å². The Kier molecular flexibility index (Phi) is 10.5. The van der Waals surface area contributed by atoms with Crippen molar-refractivity contribution in [1.29, 1.82) is 0 Å². The second-order valence-corrected chi connectivity index (χ2v) is 6.80. The normalized spacial score (nSPS) is 13.0. The van der Waals surface area contributed by atoms with Crippen molar-refractivity contribution in [3.8, 4) is 5.75 Å².